The van der Waals surface area contributed by atoms with E-state index in [2.05, 4.69) is 18.5 Å². The minimum absolute atomic E-state index is 0.139. The van der Waals surface area contributed by atoms with Crippen molar-refractivity contribution in [2.75, 3.05) is 19.7 Å². The molecular formula is C31H49N3O7. The number of allylic oxidation sites excluding steroid dienone is 1. The number of hydrogen-bond donors (Lipinski definition) is 2. The van der Waals surface area contributed by atoms with Crippen LogP contribution in [0.4, 0.5) is 0 Å². The number of nitrogens with one attached hydrogen (secondary N) is 1. The highest BCUT2D eigenvalue weighted by molar-refractivity contribution is 5.98. The maximum Gasteiger partial charge on any atom is 0.312 e. The van der Waals surface area contributed by atoms with Gasteiger partial charge in [-0.05, 0) is 59.3 Å². The largest absolute Gasteiger partial charge is 0.460 e. The molecule has 10 nitrogen and oxygen atoms in total. The lowest BCUT2D eigenvalue weighted by molar-refractivity contribution is -0.160. The Kier molecular flexibility index (Phi) is 10.5. The molecule has 230 valence electrons. The van der Waals surface area contributed by atoms with Crippen molar-refractivity contribution < 1.29 is 33.8 Å². The summed E-state index contributed by atoms with van der Waals surface area (Å²) in [4.78, 5) is 57.5. The van der Waals surface area contributed by atoms with Crippen molar-refractivity contribution in [3.63, 3.8) is 0 Å². The van der Waals surface area contributed by atoms with E-state index in [9.17, 15) is 24.3 Å². The van der Waals surface area contributed by atoms with Gasteiger partial charge >= 0.3 is 5.97 Å². The molecule has 3 saturated heterocycles. The Labute approximate surface area is 244 Å². The number of fused-ring (bicyclic) bond motifs is 1. The lowest BCUT2D eigenvalue weighted by Crippen LogP contribution is -2.61. The lowest BCUT2D eigenvalue weighted by atomic mass is 9.70. The molecule has 10 heteroatoms. The summed E-state index contributed by atoms with van der Waals surface area (Å²) in [5, 5.41) is 13.2. The number of esters is 1. The van der Waals surface area contributed by atoms with E-state index in [1.54, 1.807) is 24.0 Å². The van der Waals surface area contributed by atoms with Gasteiger partial charge in [-0.15, -0.1) is 13.2 Å². The first kappa shape index (κ1) is 32.8. The molecule has 0 saturated carbocycles. The average molecular weight is 576 g/mol. The average Bonchev–Trinajstić information content (AvgIpc) is 3.54. The summed E-state index contributed by atoms with van der Waals surface area (Å²) in [5.74, 6) is -2.99. The SMILES string of the molecule is C=CCCC(=O)NC[C@@H](C)OC(=O)[C@@H]1[C@H]2C(=O)N([C@@H](CO)CC(C)C)[C@H](C(=O)N(CC=C)C(C)(C)C)[C@]23CC[C@H]1O3. The van der Waals surface area contributed by atoms with E-state index in [-0.39, 0.29) is 43.3 Å². The van der Waals surface area contributed by atoms with Gasteiger partial charge in [0.1, 0.15) is 17.7 Å². The molecule has 0 aromatic rings. The highest BCUT2D eigenvalue weighted by Crippen LogP contribution is 2.59. The maximum absolute atomic E-state index is 14.4. The van der Waals surface area contributed by atoms with Gasteiger partial charge in [-0.2, -0.15) is 0 Å². The number of amides is 3. The standard InChI is InChI=1S/C31H49N3O7/c1-9-11-12-23(36)32-17-20(5)40-29(39)24-22-13-14-31(41-22)25(24)27(37)34(21(18-35)16-19(3)4)26(31)28(38)33(15-10-2)30(6,7)8/h9-10,19-22,24-26,35H,1-2,11-18H2,3-8H3,(H,32,36)/t20-,21-,22-,24+,25+,26-,31+/m1/s1. The minimum Gasteiger partial charge on any atom is -0.460 e. The molecule has 2 N–H and O–H groups in total. The van der Waals surface area contributed by atoms with Gasteiger partial charge in [0.05, 0.1) is 37.1 Å². The van der Waals surface area contributed by atoms with Crippen molar-refractivity contribution in [3.05, 3.63) is 25.3 Å². The van der Waals surface area contributed by atoms with Crippen LogP contribution in [0, 0.1) is 17.8 Å². The highest BCUT2D eigenvalue weighted by Gasteiger charge is 2.75. The number of aliphatic hydroxyl groups is 1. The van der Waals surface area contributed by atoms with Crippen molar-refractivity contribution in [3.8, 4) is 0 Å². The first-order valence-corrected chi connectivity index (χ1v) is 14.8. The molecule has 0 aromatic heterocycles. The monoisotopic (exact) mass is 575 g/mol. The molecule has 3 amide bonds. The van der Waals surface area contributed by atoms with Gasteiger partial charge in [0.15, 0.2) is 0 Å². The van der Waals surface area contributed by atoms with Gasteiger partial charge in [0.25, 0.3) is 0 Å². The first-order chi connectivity index (χ1) is 19.2. The maximum atomic E-state index is 14.4. The predicted molar refractivity (Wildman–Crippen MR) is 154 cm³/mol. The highest BCUT2D eigenvalue weighted by atomic mass is 16.6. The van der Waals surface area contributed by atoms with Crippen LogP contribution in [-0.2, 0) is 28.7 Å². The fourth-order valence-electron chi connectivity index (χ4n) is 6.72. The third kappa shape index (κ3) is 6.53. The van der Waals surface area contributed by atoms with E-state index in [1.807, 2.05) is 34.6 Å². The zero-order valence-corrected chi connectivity index (χ0v) is 25.6. The first-order valence-electron chi connectivity index (χ1n) is 14.8. The van der Waals surface area contributed by atoms with Crippen LogP contribution in [0.3, 0.4) is 0 Å². The van der Waals surface area contributed by atoms with Crippen molar-refractivity contribution in [2.24, 2.45) is 17.8 Å². The third-order valence-corrected chi connectivity index (χ3v) is 8.46. The van der Waals surface area contributed by atoms with Gasteiger partial charge in [0.2, 0.25) is 17.7 Å². The summed E-state index contributed by atoms with van der Waals surface area (Å²) in [6.07, 6.45) is 4.45. The van der Waals surface area contributed by atoms with E-state index >= 15 is 0 Å². The third-order valence-electron chi connectivity index (χ3n) is 8.46. The molecule has 3 heterocycles. The van der Waals surface area contributed by atoms with Crippen LogP contribution in [-0.4, -0.2) is 93.7 Å². The molecule has 2 bridgehead atoms. The summed E-state index contributed by atoms with van der Waals surface area (Å²) >= 11 is 0. The number of rotatable bonds is 14. The number of carbonyl (C=O) groups excluding carboxylic acids is 4. The van der Waals surface area contributed by atoms with Gasteiger partial charge in [-0.25, -0.2) is 0 Å². The summed E-state index contributed by atoms with van der Waals surface area (Å²) in [6.45, 7) is 19.0. The number of aliphatic hydroxyl groups excluding tert-OH is 1. The van der Waals surface area contributed by atoms with Crippen molar-refractivity contribution >= 4 is 23.7 Å². The van der Waals surface area contributed by atoms with Crippen LogP contribution in [0.15, 0.2) is 25.3 Å². The summed E-state index contributed by atoms with van der Waals surface area (Å²) < 4.78 is 12.3. The second-order valence-electron chi connectivity index (χ2n) is 13.1. The molecule has 3 rings (SSSR count). The Morgan fingerprint density at radius 3 is 2.49 bits per heavy atom. The molecule has 3 aliphatic heterocycles. The second kappa shape index (κ2) is 13.1. The Morgan fingerprint density at radius 1 is 1.24 bits per heavy atom. The van der Waals surface area contributed by atoms with Crippen LogP contribution in [0.2, 0.25) is 0 Å². The number of ether oxygens (including phenoxy) is 2. The fourth-order valence-corrected chi connectivity index (χ4v) is 6.72. The second-order valence-corrected chi connectivity index (χ2v) is 13.1. The van der Waals surface area contributed by atoms with E-state index in [4.69, 9.17) is 9.47 Å². The van der Waals surface area contributed by atoms with E-state index in [0.29, 0.717) is 32.1 Å². The molecule has 3 aliphatic rings. The number of hydrogen-bond acceptors (Lipinski definition) is 7. The van der Waals surface area contributed by atoms with E-state index in [0.717, 1.165) is 0 Å². The zero-order chi connectivity index (χ0) is 30.7. The molecule has 41 heavy (non-hydrogen) atoms. The van der Waals surface area contributed by atoms with Gasteiger partial charge in [-0.3, -0.25) is 19.2 Å². The van der Waals surface area contributed by atoms with Crippen LogP contribution in [0.5, 0.6) is 0 Å². The molecular weight excluding hydrogens is 526 g/mol. The summed E-state index contributed by atoms with van der Waals surface area (Å²) in [7, 11) is 0. The molecule has 7 atom stereocenters. The van der Waals surface area contributed by atoms with Crippen LogP contribution < -0.4 is 5.32 Å². The Morgan fingerprint density at radius 2 is 1.93 bits per heavy atom. The zero-order valence-electron chi connectivity index (χ0n) is 25.6. The smallest absolute Gasteiger partial charge is 0.312 e. The fraction of sp³-hybridized carbons (Fsp3) is 0.742. The quantitative estimate of drug-likeness (QED) is 0.241. The number of carbonyl (C=O) groups is 4. The normalized spacial score (nSPS) is 28.3. The van der Waals surface area contributed by atoms with Gasteiger partial charge in [0, 0.05) is 18.5 Å². The van der Waals surface area contributed by atoms with Gasteiger partial charge in [-0.1, -0.05) is 26.0 Å². The van der Waals surface area contributed by atoms with Crippen molar-refractivity contribution in [2.45, 2.75) is 109 Å². The molecule has 0 radical (unpaired) electrons. The molecule has 3 fully saturated rings. The summed E-state index contributed by atoms with van der Waals surface area (Å²) in [6, 6.07) is -1.59. The molecule has 1 spiro atoms. The summed E-state index contributed by atoms with van der Waals surface area (Å²) in [5.41, 5.74) is -1.76. The lowest BCUT2D eigenvalue weighted by Gasteiger charge is -2.43. The number of likely N-dealkylation sites (tertiary alicyclic amines) is 1. The van der Waals surface area contributed by atoms with Crippen LogP contribution in [0.1, 0.15) is 73.6 Å². The van der Waals surface area contributed by atoms with Crippen molar-refractivity contribution in [1.82, 2.24) is 15.1 Å². The minimum atomic E-state index is -1.19. The topological polar surface area (TPSA) is 125 Å². The Balaban J connectivity index is 1.94. The molecule has 0 unspecified atom stereocenters. The van der Waals surface area contributed by atoms with E-state index in [1.165, 1.54) is 4.90 Å². The van der Waals surface area contributed by atoms with Gasteiger partial charge < -0.3 is 29.7 Å². The van der Waals surface area contributed by atoms with Crippen molar-refractivity contribution in [1.29, 1.82) is 0 Å². The van der Waals surface area contributed by atoms with Crippen LogP contribution >= 0.6 is 0 Å². The number of nitrogens with zero attached hydrogens (tertiary/aromatic N) is 2. The Hall–Kier alpha value is -2.72. The molecule has 0 aliphatic carbocycles. The Bertz CT molecular complexity index is 1020. The van der Waals surface area contributed by atoms with E-state index < -0.39 is 53.2 Å². The molecule has 0 aromatic carbocycles. The van der Waals surface area contributed by atoms with Crippen LogP contribution in [0.25, 0.3) is 0 Å². The predicted octanol–water partition coefficient (Wildman–Crippen LogP) is 2.60.